The summed E-state index contributed by atoms with van der Waals surface area (Å²) < 4.78 is 7.65. The van der Waals surface area contributed by atoms with Gasteiger partial charge in [0.05, 0.1) is 5.52 Å². The fraction of sp³-hybridized carbons (Fsp3) is 0. The minimum Gasteiger partial charge on any atom is -0.294 e. The summed E-state index contributed by atoms with van der Waals surface area (Å²) in [6.45, 7) is 0. The van der Waals surface area contributed by atoms with Gasteiger partial charge in [-0.3, -0.25) is 4.57 Å². The summed E-state index contributed by atoms with van der Waals surface area (Å²) in [5.41, 5.74) is 5.95. The molecule has 0 amide bonds. The van der Waals surface area contributed by atoms with Crippen LogP contribution in [0, 0.1) is 0 Å². The van der Waals surface area contributed by atoms with Crippen LogP contribution in [-0.4, -0.2) is 9.55 Å². The van der Waals surface area contributed by atoms with Crippen LogP contribution in [0.4, 0.5) is 0 Å². The molecule has 0 radical (unpaired) electrons. The quantitative estimate of drug-likeness (QED) is 0.216. The van der Waals surface area contributed by atoms with Gasteiger partial charge in [-0.25, -0.2) is 4.98 Å². The molecule has 39 heavy (non-hydrogen) atoms. The molecule has 9 aromatic rings. The van der Waals surface area contributed by atoms with Crippen molar-refractivity contribution in [1.82, 2.24) is 9.55 Å². The third kappa shape index (κ3) is 2.98. The van der Waals surface area contributed by atoms with Gasteiger partial charge in [0.15, 0.2) is 0 Å². The fourth-order valence-electron chi connectivity index (χ4n) is 6.15. The van der Waals surface area contributed by atoms with Crippen LogP contribution >= 0.6 is 22.7 Å². The van der Waals surface area contributed by atoms with Crippen molar-refractivity contribution in [2.24, 2.45) is 0 Å². The van der Waals surface area contributed by atoms with Crippen LogP contribution in [0.1, 0.15) is 0 Å². The molecule has 0 aliphatic rings. The second-order valence-electron chi connectivity index (χ2n) is 9.97. The normalized spacial score (nSPS) is 12.1. The Morgan fingerprint density at radius 3 is 1.95 bits per heavy atom. The Kier molecular flexibility index (Phi) is 4.39. The maximum atomic E-state index is 4.79. The second kappa shape index (κ2) is 8.00. The van der Waals surface area contributed by atoms with Crippen molar-refractivity contribution < 1.29 is 0 Å². The van der Waals surface area contributed by atoms with E-state index in [1.165, 1.54) is 67.8 Å². The molecule has 0 N–H and O–H groups in total. The average Bonchev–Trinajstić information content (AvgIpc) is 3.66. The minimum absolute atomic E-state index is 0.995. The van der Waals surface area contributed by atoms with Crippen LogP contribution in [0.15, 0.2) is 121 Å². The van der Waals surface area contributed by atoms with Gasteiger partial charge in [0, 0.05) is 74.1 Å². The van der Waals surface area contributed by atoms with Crippen molar-refractivity contribution in [2.45, 2.75) is 0 Å². The molecule has 4 heterocycles. The van der Waals surface area contributed by atoms with Crippen molar-refractivity contribution in [1.29, 1.82) is 0 Å². The molecular weight excluding hydrogens is 513 g/mol. The van der Waals surface area contributed by atoms with E-state index in [2.05, 4.69) is 114 Å². The summed E-state index contributed by atoms with van der Waals surface area (Å²) in [6, 6.07) is 41.9. The molecule has 0 fully saturated rings. The first-order valence-electron chi connectivity index (χ1n) is 13.1. The highest BCUT2D eigenvalue weighted by atomic mass is 32.1. The highest BCUT2D eigenvalue weighted by Crippen LogP contribution is 2.45. The first-order valence-corrected chi connectivity index (χ1v) is 14.7. The Morgan fingerprint density at radius 1 is 0.487 bits per heavy atom. The Hall–Kier alpha value is -4.51. The van der Waals surface area contributed by atoms with Crippen molar-refractivity contribution >= 4 is 85.0 Å². The smallest absolute Gasteiger partial charge is 0.145 e. The lowest BCUT2D eigenvalue weighted by molar-refractivity contribution is 1.14. The van der Waals surface area contributed by atoms with Crippen molar-refractivity contribution in [3.05, 3.63) is 121 Å². The monoisotopic (exact) mass is 532 g/mol. The Labute approximate surface area is 232 Å². The number of thiophene rings is 2. The lowest BCUT2D eigenvalue weighted by Crippen LogP contribution is -1.94. The number of hydrogen-bond donors (Lipinski definition) is 0. The van der Waals surface area contributed by atoms with Gasteiger partial charge in [-0.05, 0) is 42.5 Å². The Balaban J connectivity index is 1.31. The molecule has 0 saturated heterocycles. The zero-order valence-electron chi connectivity index (χ0n) is 20.8. The molecule has 0 bridgehead atoms. The summed E-state index contributed by atoms with van der Waals surface area (Å²) in [6.07, 6.45) is 1.89. The van der Waals surface area contributed by atoms with Gasteiger partial charge in [-0.15, -0.1) is 22.7 Å². The standard InChI is InChI=1S/C35H20N2S2/c1-3-15-30-22(8-1)28-14-7-19-36-35(28)37(30)21-17-18-32-29(20-21)27-13-6-12-26(34(27)39-32)25-11-5-10-24-23-9-2-4-16-31(23)38-33(24)25/h1-20H. The van der Waals surface area contributed by atoms with Gasteiger partial charge in [0.25, 0.3) is 0 Å². The van der Waals surface area contributed by atoms with Gasteiger partial charge >= 0.3 is 0 Å². The summed E-state index contributed by atoms with van der Waals surface area (Å²) in [5.74, 6) is 0. The topological polar surface area (TPSA) is 17.8 Å². The predicted octanol–water partition coefficient (Wildman–Crippen LogP) is 10.6. The van der Waals surface area contributed by atoms with E-state index in [1.54, 1.807) is 0 Å². The van der Waals surface area contributed by atoms with Gasteiger partial charge in [-0.2, -0.15) is 0 Å². The molecule has 0 spiro atoms. The molecule has 0 aliphatic heterocycles. The number of pyridine rings is 1. The number of aromatic nitrogens is 2. The van der Waals surface area contributed by atoms with Crippen LogP contribution < -0.4 is 0 Å². The summed E-state index contributed by atoms with van der Waals surface area (Å²) in [7, 11) is 0. The zero-order chi connectivity index (χ0) is 25.5. The maximum Gasteiger partial charge on any atom is 0.145 e. The number of nitrogens with zero attached hydrogens (tertiary/aromatic N) is 2. The summed E-state index contributed by atoms with van der Waals surface area (Å²) in [4.78, 5) is 4.79. The molecule has 0 aliphatic carbocycles. The number of benzene rings is 5. The number of rotatable bonds is 2. The second-order valence-corrected chi connectivity index (χ2v) is 12.1. The maximum absolute atomic E-state index is 4.79. The third-order valence-corrected chi connectivity index (χ3v) is 10.3. The van der Waals surface area contributed by atoms with E-state index >= 15 is 0 Å². The SMILES string of the molecule is c1ccc2c(c1)sc1c(-c3cccc4c3sc3ccc(-n5c6ccccc6c6cccnc65)cc34)cccc12. The molecular formula is C35H20N2S2. The molecule has 5 aromatic carbocycles. The summed E-state index contributed by atoms with van der Waals surface area (Å²) in [5, 5.41) is 7.69. The van der Waals surface area contributed by atoms with E-state index in [-0.39, 0.29) is 0 Å². The number of para-hydroxylation sites is 1. The third-order valence-electron chi connectivity index (χ3n) is 7.87. The molecule has 4 heteroatoms. The molecule has 0 atom stereocenters. The summed E-state index contributed by atoms with van der Waals surface area (Å²) >= 11 is 3.79. The molecule has 4 aromatic heterocycles. The predicted molar refractivity (Wildman–Crippen MR) is 170 cm³/mol. The van der Waals surface area contributed by atoms with E-state index < -0.39 is 0 Å². The average molecular weight is 533 g/mol. The Bertz CT molecular complexity index is 2350. The van der Waals surface area contributed by atoms with Crippen LogP contribution in [0.2, 0.25) is 0 Å². The zero-order valence-corrected chi connectivity index (χ0v) is 22.4. The first kappa shape index (κ1) is 21.4. The van der Waals surface area contributed by atoms with Gasteiger partial charge in [0.1, 0.15) is 5.65 Å². The van der Waals surface area contributed by atoms with Crippen molar-refractivity contribution in [3.8, 4) is 16.8 Å². The van der Waals surface area contributed by atoms with Crippen LogP contribution in [-0.2, 0) is 0 Å². The van der Waals surface area contributed by atoms with Gasteiger partial charge in [0.2, 0.25) is 0 Å². The minimum atomic E-state index is 0.995. The molecule has 2 nitrogen and oxygen atoms in total. The highest BCUT2D eigenvalue weighted by molar-refractivity contribution is 7.27. The van der Waals surface area contributed by atoms with Gasteiger partial charge < -0.3 is 0 Å². The Morgan fingerprint density at radius 2 is 1.13 bits per heavy atom. The van der Waals surface area contributed by atoms with Crippen LogP contribution in [0.5, 0.6) is 0 Å². The molecule has 0 unspecified atom stereocenters. The number of fused-ring (bicyclic) bond motifs is 9. The lowest BCUT2D eigenvalue weighted by atomic mass is 10.0. The lowest BCUT2D eigenvalue weighted by Gasteiger charge is -2.08. The molecule has 182 valence electrons. The van der Waals surface area contributed by atoms with Crippen molar-refractivity contribution in [3.63, 3.8) is 0 Å². The van der Waals surface area contributed by atoms with Crippen LogP contribution in [0.25, 0.3) is 79.1 Å². The van der Waals surface area contributed by atoms with E-state index in [0.29, 0.717) is 0 Å². The van der Waals surface area contributed by atoms with Crippen LogP contribution in [0.3, 0.4) is 0 Å². The van der Waals surface area contributed by atoms with E-state index in [9.17, 15) is 0 Å². The number of hydrogen-bond acceptors (Lipinski definition) is 3. The highest BCUT2D eigenvalue weighted by Gasteiger charge is 2.17. The van der Waals surface area contributed by atoms with Gasteiger partial charge in [-0.1, -0.05) is 72.8 Å². The molecule has 0 saturated carbocycles. The van der Waals surface area contributed by atoms with Crippen molar-refractivity contribution in [2.75, 3.05) is 0 Å². The van der Waals surface area contributed by atoms with E-state index in [0.717, 1.165) is 11.3 Å². The van der Waals surface area contributed by atoms with E-state index in [1.807, 2.05) is 34.9 Å². The first-order chi connectivity index (χ1) is 19.3. The van der Waals surface area contributed by atoms with E-state index in [4.69, 9.17) is 4.98 Å². The largest absolute Gasteiger partial charge is 0.294 e. The fourth-order valence-corrected chi connectivity index (χ4v) is 8.60. The molecule has 9 rings (SSSR count).